The summed E-state index contributed by atoms with van der Waals surface area (Å²) in [5, 5.41) is 11.4. The molecule has 2 nitrogen and oxygen atoms in total. The van der Waals surface area contributed by atoms with E-state index in [1.165, 1.54) is 0 Å². The molecular weight excluding hydrogens is 231 g/mol. The van der Waals surface area contributed by atoms with E-state index in [0.29, 0.717) is 6.54 Å². The van der Waals surface area contributed by atoms with E-state index in [1.807, 2.05) is 37.3 Å². The van der Waals surface area contributed by atoms with Crippen LogP contribution < -0.4 is 5.32 Å². The Morgan fingerprint density at radius 3 is 2.29 bits per heavy atom. The van der Waals surface area contributed by atoms with Crippen LogP contribution in [0.5, 0.6) is 0 Å². The summed E-state index contributed by atoms with van der Waals surface area (Å²) in [7, 11) is 0. The predicted molar refractivity (Wildman–Crippen MR) is 59.8 cm³/mol. The minimum atomic E-state index is -4.55. The van der Waals surface area contributed by atoms with Gasteiger partial charge in [0.05, 0.1) is 0 Å². The summed E-state index contributed by atoms with van der Waals surface area (Å²) in [6.45, 7) is 1.85. The van der Waals surface area contributed by atoms with Crippen molar-refractivity contribution in [2.75, 3.05) is 13.1 Å². The van der Waals surface area contributed by atoms with Crippen molar-refractivity contribution in [2.24, 2.45) is 0 Å². The number of nitrogens with one attached hydrogen (secondary N) is 1. The molecule has 0 amide bonds. The van der Waals surface area contributed by atoms with E-state index in [9.17, 15) is 13.2 Å². The number of alkyl halides is 3. The predicted octanol–water partition coefficient (Wildman–Crippen LogP) is 2.30. The topological polar surface area (TPSA) is 32.3 Å². The number of rotatable bonds is 5. The van der Waals surface area contributed by atoms with Crippen LogP contribution in [0, 0.1) is 0 Å². The van der Waals surface area contributed by atoms with Crippen LogP contribution in [-0.4, -0.2) is 30.5 Å². The van der Waals surface area contributed by atoms with Crippen molar-refractivity contribution in [3.8, 4) is 0 Å². The molecule has 0 aromatic heterocycles. The molecule has 0 aliphatic heterocycles. The second-order valence-corrected chi connectivity index (χ2v) is 4.03. The summed E-state index contributed by atoms with van der Waals surface area (Å²) in [5.74, 6) is 0.108. The Bertz CT molecular complexity index is 326. The smallest absolute Gasteiger partial charge is 0.382 e. The molecule has 1 rings (SSSR count). The van der Waals surface area contributed by atoms with Gasteiger partial charge >= 0.3 is 6.18 Å². The number of benzene rings is 1. The molecule has 1 aromatic carbocycles. The molecule has 0 heterocycles. The van der Waals surface area contributed by atoms with Crippen LogP contribution in [0.3, 0.4) is 0 Å². The van der Waals surface area contributed by atoms with Gasteiger partial charge < -0.3 is 10.4 Å². The van der Waals surface area contributed by atoms with Crippen LogP contribution in [0.25, 0.3) is 0 Å². The number of aliphatic hydroxyl groups is 1. The summed E-state index contributed by atoms with van der Waals surface area (Å²) in [6.07, 6.45) is -6.85. The van der Waals surface area contributed by atoms with Gasteiger partial charge in [0.25, 0.3) is 0 Å². The van der Waals surface area contributed by atoms with Crippen LogP contribution in [0.4, 0.5) is 13.2 Å². The Balaban J connectivity index is 2.33. The maximum atomic E-state index is 12.0. The van der Waals surface area contributed by atoms with Gasteiger partial charge in [-0.1, -0.05) is 37.3 Å². The molecule has 0 aliphatic rings. The Morgan fingerprint density at radius 1 is 1.18 bits per heavy atom. The molecule has 1 aromatic rings. The average Bonchev–Trinajstić information content (AvgIpc) is 2.28. The van der Waals surface area contributed by atoms with Gasteiger partial charge in [-0.2, -0.15) is 13.2 Å². The first kappa shape index (κ1) is 14.0. The highest BCUT2D eigenvalue weighted by molar-refractivity contribution is 5.18. The van der Waals surface area contributed by atoms with Crippen LogP contribution in [0.15, 0.2) is 30.3 Å². The Kier molecular flexibility index (Phi) is 4.96. The minimum absolute atomic E-state index is 0.108. The van der Waals surface area contributed by atoms with Gasteiger partial charge in [0.15, 0.2) is 6.10 Å². The van der Waals surface area contributed by atoms with Crippen molar-refractivity contribution < 1.29 is 18.3 Å². The zero-order valence-corrected chi connectivity index (χ0v) is 9.54. The molecule has 17 heavy (non-hydrogen) atoms. The number of hydrogen-bond acceptors (Lipinski definition) is 2. The fourth-order valence-electron chi connectivity index (χ4n) is 1.45. The molecule has 0 aliphatic carbocycles. The van der Waals surface area contributed by atoms with Crippen molar-refractivity contribution in [3.05, 3.63) is 35.9 Å². The van der Waals surface area contributed by atoms with E-state index < -0.39 is 18.8 Å². The minimum Gasteiger partial charge on any atom is -0.382 e. The molecule has 2 unspecified atom stereocenters. The molecule has 0 spiro atoms. The van der Waals surface area contributed by atoms with Gasteiger partial charge in [-0.3, -0.25) is 0 Å². The van der Waals surface area contributed by atoms with Crippen LogP contribution in [-0.2, 0) is 0 Å². The summed E-state index contributed by atoms with van der Waals surface area (Å²) in [6, 6.07) is 9.50. The van der Waals surface area contributed by atoms with Gasteiger partial charge in [-0.15, -0.1) is 0 Å². The molecule has 96 valence electrons. The van der Waals surface area contributed by atoms with E-state index in [1.54, 1.807) is 0 Å². The highest BCUT2D eigenvalue weighted by Crippen LogP contribution is 2.19. The number of hydrogen-bond donors (Lipinski definition) is 2. The van der Waals surface area contributed by atoms with E-state index in [4.69, 9.17) is 5.11 Å². The highest BCUT2D eigenvalue weighted by Gasteiger charge is 2.37. The summed E-state index contributed by atoms with van der Waals surface area (Å²) < 4.78 is 36.0. The second kappa shape index (κ2) is 6.02. The second-order valence-electron chi connectivity index (χ2n) is 4.03. The van der Waals surface area contributed by atoms with Crippen LogP contribution >= 0.6 is 0 Å². The van der Waals surface area contributed by atoms with E-state index >= 15 is 0 Å². The van der Waals surface area contributed by atoms with Crippen LogP contribution in [0.1, 0.15) is 18.4 Å². The van der Waals surface area contributed by atoms with Crippen LogP contribution in [0.2, 0.25) is 0 Å². The number of halogens is 3. The first-order valence-electron chi connectivity index (χ1n) is 5.41. The standard InChI is InChI=1S/C12H16F3NO/c1-9(10-5-3-2-4-6-10)7-16-8-11(17)12(13,14)15/h2-6,9,11,16-17H,7-8H2,1H3. The normalized spacial score (nSPS) is 15.6. The highest BCUT2D eigenvalue weighted by atomic mass is 19.4. The van der Waals surface area contributed by atoms with Crippen molar-refractivity contribution in [1.82, 2.24) is 5.32 Å². The maximum absolute atomic E-state index is 12.0. The largest absolute Gasteiger partial charge is 0.415 e. The van der Waals surface area contributed by atoms with Crippen molar-refractivity contribution >= 4 is 0 Å². The lowest BCUT2D eigenvalue weighted by molar-refractivity contribution is -0.201. The molecule has 2 atom stereocenters. The van der Waals surface area contributed by atoms with Gasteiger partial charge in [0.2, 0.25) is 0 Å². The van der Waals surface area contributed by atoms with E-state index in [2.05, 4.69) is 5.32 Å². The zero-order valence-electron chi connectivity index (χ0n) is 9.54. The molecular formula is C12H16F3NO. The lowest BCUT2D eigenvalue weighted by atomic mass is 10.0. The monoisotopic (exact) mass is 247 g/mol. The van der Waals surface area contributed by atoms with Gasteiger partial charge in [0.1, 0.15) is 0 Å². The average molecular weight is 247 g/mol. The molecule has 0 radical (unpaired) electrons. The van der Waals surface area contributed by atoms with E-state index in [-0.39, 0.29) is 5.92 Å². The molecule has 5 heteroatoms. The third-order valence-corrected chi connectivity index (χ3v) is 2.53. The Labute approximate surface area is 98.5 Å². The lowest BCUT2D eigenvalue weighted by Gasteiger charge is -2.17. The molecule has 0 saturated carbocycles. The summed E-state index contributed by atoms with van der Waals surface area (Å²) >= 11 is 0. The van der Waals surface area contributed by atoms with Gasteiger partial charge in [-0.05, 0) is 11.5 Å². The zero-order chi connectivity index (χ0) is 12.9. The third kappa shape index (κ3) is 4.75. The quantitative estimate of drug-likeness (QED) is 0.836. The van der Waals surface area contributed by atoms with Crippen molar-refractivity contribution in [2.45, 2.75) is 25.1 Å². The SMILES string of the molecule is CC(CNCC(O)C(F)(F)F)c1ccccc1. The van der Waals surface area contributed by atoms with Crippen molar-refractivity contribution in [1.29, 1.82) is 0 Å². The summed E-state index contributed by atoms with van der Waals surface area (Å²) in [4.78, 5) is 0. The Hall–Kier alpha value is -1.07. The van der Waals surface area contributed by atoms with Crippen molar-refractivity contribution in [3.63, 3.8) is 0 Å². The first-order chi connectivity index (χ1) is 7.91. The third-order valence-electron chi connectivity index (χ3n) is 2.53. The molecule has 2 N–H and O–H groups in total. The maximum Gasteiger partial charge on any atom is 0.415 e. The van der Waals surface area contributed by atoms with Gasteiger partial charge in [0, 0.05) is 13.1 Å². The fraction of sp³-hybridized carbons (Fsp3) is 0.500. The lowest BCUT2D eigenvalue weighted by Crippen LogP contribution is -2.39. The van der Waals surface area contributed by atoms with E-state index in [0.717, 1.165) is 5.56 Å². The molecule has 0 bridgehead atoms. The fourth-order valence-corrected chi connectivity index (χ4v) is 1.45. The molecule has 0 fully saturated rings. The first-order valence-corrected chi connectivity index (χ1v) is 5.41. The molecule has 0 saturated heterocycles. The summed E-state index contributed by atoms with van der Waals surface area (Å²) in [5.41, 5.74) is 1.06. The Morgan fingerprint density at radius 2 is 1.76 bits per heavy atom. The number of aliphatic hydroxyl groups excluding tert-OH is 1. The van der Waals surface area contributed by atoms with Gasteiger partial charge in [-0.25, -0.2) is 0 Å².